The van der Waals surface area contributed by atoms with E-state index in [4.69, 9.17) is 118 Å². The van der Waals surface area contributed by atoms with E-state index in [0.29, 0.717) is 19.3 Å². The van der Waals surface area contributed by atoms with Crippen molar-refractivity contribution in [1.82, 2.24) is 0 Å². The predicted octanol–water partition coefficient (Wildman–Crippen LogP) is -1.68. The van der Waals surface area contributed by atoms with Crippen LogP contribution < -0.4 is 0 Å². The van der Waals surface area contributed by atoms with Gasteiger partial charge in [-0.25, -0.2) is 0 Å². The molecular weight excluding hydrogens is 1280 g/mol. The van der Waals surface area contributed by atoms with Crippen molar-refractivity contribution in [3.05, 3.63) is 0 Å². The van der Waals surface area contributed by atoms with Gasteiger partial charge in [-0.2, -0.15) is 0 Å². The highest BCUT2D eigenvalue weighted by molar-refractivity contribution is 5.70. The van der Waals surface area contributed by atoms with Crippen molar-refractivity contribution in [2.24, 2.45) is 0 Å². The summed E-state index contributed by atoms with van der Waals surface area (Å²) in [6.07, 6.45) is -41.1. The van der Waals surface area contributed by atoms with Crippen LogP contribution in [0.2, 0.25) is 0 Å². The highest BCUT2D eigenvalue weighted by Crippen LogP contribution is 2.41. The average molecular weight is 1380 g/mol. The van der Waals surface area contributed by atoms with Gasteiger partial charge in [-0.1, -0.05) is 6.42 Å². The van der Waals surface area contributed by atoms with Crippen LogP contribution in [0.25, 0.3) is 0 Å². The zero-order valence-corrected chi connectivity index (χ0v) is 55.8. The summed E-state index contributed by atoms with van der Waals surface area (Å²) in [6.45, 7) is 5.94. The first-order valence-corrected chi connectivity index (χ1v) is 30.4. The molecule has 5 aliphatic rings. The molecule has 5 fully saturated rings. The zero-order chi connectivity index (χ0) is 70.4. The molecular formula is C59H92O36. The smallest absolute Gasteiger partial charge is 0.305 e. The Balaban J connectivity index is 1.79. The molecule has 0 spiro atoms. The summed E-state index contributed by atoms with van der Waals surface area (Å²) in [7, 11) is 8.93. The van der Waals surface area contributed by atoms with Crippen LogP contribution in [0.15, 0.2) is 0 Å². The second-order valence-electron chi connectivity index (χ2n) is 22.4. The van der Waals surface area contributed by atoms with Crippen LogP contribution in [-0.2, 0) is 162 Å². The number of methoxy groups -OCH3 is 7. The van der Waals surface area contributed by atoms with E-state index in [2.05, 4.69) is 0 Å². The Kier molecular flexibility index (Phi) is 33.1. The SMILES string of the molecule is COC[C@H]1O[C@H](O[C@H]2[C@@H](O[C@H]3[C@@H](O[C@H]4[C@@H](O[C@H]5[C@@H](OCCCCCC(=O)OC)O[C@H](COC(C)=O)[C@@H](OC(C)=O)[C@@H]5OC)O[C@H](COC)[C@@H](OC(C)=O)[C@@H]4OC(C)=O)O[C@H](COC(C)=O)[C@@H](OC(C)=O)[C@@H]3OC(C)=O)O[C@H](COC)[C@@H](OC)[C@@H]2OC)[C@H](O)[C@@H](O)[C@@H]1OC(C)=O. The molecule has 0 aromatic rings. The van der Waals surface area contributed by atoms with Crippen LogP contribution in [0, 0.1) is 0 Å². The second kappa shape index (κ2) is 39.2. The van der Waals surface area contributed by atoms with Crippen LogP contribution >= 0.6 is 0 Å². The fraction of sp³-hybridized carbons (Fsp3) is 0.847. The van der Waals surface area contributed by atoms with Gasteiger partial charge in [-0.3, -0.25) is 43.2 Å². The molecule has 5 rings (SSSR count). The van der Waals surface area contributed by atoms with Crippen LogP contribution in [0.1, 0.15) is 81.1 Å². The molecule has 0 radical (unpaired) electrons. The summed E-state index contributed by atoms with van der Waals surface area (Å²) in [6, 6.07) is 0. The molecule has 0 aromatic heterocycles. The molecule has 0 aliphatic carbocycles. The number of esters is 9. The van der Waals surface area contributed by atoms with Crippen molar-refractivity contribution in [2.45, 2.75) is 235 Å². The molecule has 5 heterocycles. The maximum atomic E-state index is 13.6. The minimum absolute atomic E-state index is 0.0929. The van der Waals surface area contributed by atoms with Gasteiger partial charge in [0.05, 0.1) is 26.9 Å². The minimum Gasteiger partial charge on any atom is -0.469 e. The molecule has 95 heavy (non-hydrogen) atoms. The first kappa shape index (κ1) is 80.2. The van der Waals surface area contributed by atoms with E-state index >= 15 is 0 Å². The van der Waals surface area contributed by atoms with Gasteiger partial charge in [0.25, 0.3) is 0 Å². The van der Waals surface area contributed by atoms with E-state index in [1.54, 1.807) is 0 Å². The Morgan fingerprint density at radius 3 is 1.02 bits per heavy atom. The Labute approximate surface area is 548 Å². The third kappa shape index (κ3) is 22.8. The monoisotopic (exact) mass is 1380 g/mol. The maximum Gasteiger partial charge on any atom is 0.305 e. The standard InChI is InChI=1S/C59H92O36/c1-26(60)79-24-37-44(82-29(4)63)48(77-15)51(56(88-37)78-20-18-16-17-19-39(68)74-12)93-58-53(49(85-32(7)66)45(83-30(5)64)36(90-58)23-73-11)95-59-54(50(86-33(8)67)46(84-31(6)65)38(91-59)25-80-27(2)61)94-57-52(47(76-14)43(75-13)35(89-57)22-72-10)92-55-41(70)40(69)42(81-28(3)62)34(87-55)21-71-9/h34-38,40-59,69-70H,16-25H2,1-15H3/t34-,35-,36-,37-,38-,40-,41-,42-,43-,44-,45-,46-,47+,48+,49+,50+,51-,52-,53-,54-,55-,56+,57-,58-,59-/m1/s1. The molecule has 0 amide bonds. The molecule has 0 aromatic carbocycles. The average Bonchev–Trinajstić information content (AvgIpc) is 0.762. The maximum absolute atomic E-state index is 13.6. The number of rotatable bonds is 34. The van der Waals surface area contributed by atoms with E-state index in [1.165, 1.54) is 49.8 Å². The quantitative estimate of drug-likeness (QED) is 0.0413. The minimum atomic E-state index is -2.19. The van der Waals surface area contributed by atoms with E-state index in [0.717, 1.165) is 55.4 Å². The van der Waals surface area contributed by atoms with Gasteiger partial charge in [0.2, 0.25) is 0 Å². The summed E-state index contributed by atoms with van der Waals surface area (Å²) in [4.78, 5) is 116. The van der Waals surface area contributed by atoms with Crippen molar-refractivity contribution in [2.75, 3.05) is 89.4 Å². The molecule has 5 saturated heterocycles. The number of hydrogen-bond acceptors (Lipinski definition) is 36. The summed E-state index contributed by atoms with van der Waals surface area (Å²) in [5.41, 5.74) is 0. The van der Waals surface area contributed by atoms with Gasteiger partial charge in [-0.15, -0.1) is 0 Å². The van der Waals surface area contributed by atoms with Gasteiger partial charge in [0, 0.05) is 111 Å². The third-order valence-electron chi connectivity index (χ3n) is 15.2. The van der Waals surface area contributed by atoms with Gasteiger partial charge >= 0.3 is 53.7 Å². The molecule has 0 unspecified atom stereocenters. The van der Waals surface area contributed by atoms with Crippen molar-refractivity contribution in [1.29, 1.82) is 0 Å². The molecule has 2 N–H and O–H groups in total. The lowest BCUT2D eigenvalue weighted by molar-refractivity contribution is -0.414. The highest BCUT2D eigenvalue weighted by atomic mass is 16.8. The summed E-state index contributed by atoms with van der Waals surface area (Å²) in [5.74, 6) is -7.78. The number of unbranched alkanes of at least 4 members (excludes halogenated alkanes) is 2. The lowest BCUT2D eigenvalue weighted by Gasteiger charge is -2.52. The Hall–Kier alpha value is -5.49. The fourth-order valence-electron chi connectivity index (χ4n) is 11.4. The number of hydrogen-bond donors (Lipinski definition) is 2. The first-order valence-electron chi connectivity index (χ1n) is 30.4. The molecule has 544 valence electrons. The zero-order valence-electron chi connectivity index (χ0n) is 55.8. The van der Waals surface area contributed by atoms with E-state index < -0.39 is 227 Å². The third-order valence-corrected chi connectivity index (χ3v) is 15.2. The number of ether oxygens (including phenoxy) is 25. The molecule has 0 saturated carbocycles. The van der Waals surface area contributed by atoms with Crippen LogP contribution in [-0.4, -0.2) is 307 Å². The molecule has 25 atom stereocenters. The van der Waals surface area contributed by atoms with Crippen molar-refractivity contribution < 1.29 is 172 Å². The van der Waals surface area contributed by atoms with Crippen LogP contribution in [0.5, 0.6) is 0 Å². The van der Waals surface area contributed by atoms with Crippen molar-refractivity contribution in [3.63, 3.8) is 0 Å². The van der Waals surface area contributed by atoms with Gasteiger partial charge in [-0.05, 0) is 12.8 Å². The Bertz CT molecular complexity index is 2470. The Morgan fingerprint density at radius 1 is 0.316 bits per heavy atom. The molecule has 36 heteroatoms. The normalized spacial score (nSPS) is 35.5. The summed E-state index contributed by atoms with van der Waals surface area (Å²) >= 11 is 0. The molecule has 36 nitrogen and oxygen atoms in total. The largest absolute Gasteiger partial charge is 0.469 e. The van der Waals surface area contributed by atoms with Gasteiger partial charge < -0.3 is 129 Å². The number of carbonyl (C=O) groups is 9. The van der Waals surface area contributed by atoms with Gasteiger partial charge in [0.15, 0.2) is 80.3 Å². The van der Waals surface area contributed by atoms with Gasteiger partial charge in [0.1, 0.15) is 86.5 Å². The van der Waals surface area contributed by atoms with E-state index in [1.807, 2.05) is 0 Å². The number of aliphatic hydroxyl groups is 2. The van der Waals surface area contributed by atoms with Crippen molar-refractivity contribution in [3.8, 4) is 0 Å². The molecule has 0 bridgehead atoms. The number of carbonyl (C=O) groups excluding carboxylic acids is 9. The summed E-state index contributed by atoms with van der Waals surface area (Å²) < 4.78 is 151. The lowest BCUT2D eigenvalue weighted by Crippen LogP contribution is -2.70. The second-order valence-corrected chi connectivity index (χ2v) is 22.4. The van der Waals surface area contributed by atoms with Crippen LogP contribution in [0.3, 0.4) is 0 Å². The topological polar surface area (TPSA) is 425 Å². The predicted molar refractivity (Wildman–Crippen MR) is 306 cm³/mol. The number of aliphatic hydroxyl groups excluding tert-OH is 2. The van der Waals surface area contributed by atoms with E-state index in [-0.39, 0.29) is 26.2 Å². The fourth-order valence-corrected chi connectivity index (χ4v) is 11.4. The summed E-state index contributed by atoms with van der Waals surface area (Å²) in [5, 5.41) is 23.2. The molecule has 5 aliphatic heterocycles. The van der Waals surface area contributed by atoms with Crippen LogP contribution in [0.4, 0.5) is 0 Å². The Morgan fingerprint density at radius 2 is 0.632 bits per heavy atom. The lowest BCUT2D eigenvalue weighted by atomic mass is 9.95. The van der Waals surface area contributed by atoms with Crippen molar-refractivity contribution >= 4 is 53.7 Å². The first-order chi connectivity index (χ1) is 45.1. The highest BCUT2D eigenvalue weighted by Gasteiger charge is 2.62. The van der Waals surface area contributed by atoms with E-state index in [9.17, 15) is 53.4 Å².